The highest BCUT2D eigenvalue weighted by Crippen LogP contribution is 2.32. The van der Waals surface area contributed by atoms with Crippen molar-refractivity contribution in [1.29, 1.82) is 0 Å². The molecule has 220 valence electrons. The second kappa shape index (κ2) is 13.2. The van der Waals surface area contributed by atoms with Crippen LogP contribution in [0.4, 0.5) is 27.6 Å². The maximum atomic E-state index is 14.2. The number of amides is 1. The monoisotopic (exact) mass is 622 g/mol. The Labute approximate surface area is 234 Å². The quantitative estimate of drug-likeness (QED) is 0.0847. The van der Waals surface area contributed by atoms with Crippen molar-refractivity contribution in [3.63, 3.8) is 0 Å². The maximum absolute atomic E-state index is 14.2. The lowest BCUT2D eigenvalue weighted by Gasteiger charge is -2.12. The van der Waals surface area contributed by atoms with Crippen LogP contribution in [0.1, 0.15) is 18.4 Å². The second-order valence-electron chi connectivity index (χ2n) is 8.47. The van der Waals surface area contributed by atoms with Crippen LogP contribution < -0.4 is 9.47 Å². The topological polar surface area (TPSA) is 134 Å². The predicted octanol–water partition coefficient (Wildman–Crippen LogP) is 5.91. The Bertz CT molecular complexity index is 1580. The highest BCUT2D eigenvalue weighted by Gasteiger charge is 2.39. The summed E-state index contributed by atoms with van der Waals surface area (Å²) < 4.78 is 91.8. The Kier molecular flexibility index (Phi) is 10.1. The molecule has 17 heteroatoms. The van der Waals surface area contributed by atoms with Gasteiger partial charge in [-0.2, -0.15) is 17.5 Å². The Morgan fingerprint density at radius 1 is 1.12 bits per heavy atom. The SMILES string of the molecule is CS(=O)(Cc1cc(OCCCCOc2cc(F)ccc2-c2nc(Cl)ncc2F)cc([N+](=O)[O-])c1)=NC(=O)C(F)(F)F. The third kappa shape index (κ3) is 9.31. The first-order valence-corrected chi connectivity index (χ1v) is 13.9. The molecule has 1 heterocycles. The Morgan fingerprint density at radius 2 is 1.80 bits per heavy atom. The summed E-state index contributed by atoms with van der Waals surface area (Å²) in [7, 11) is -3.72. The number of rotatable bonds is 11. The molecule has 1 aromatic heterocycles. The Morgan fingerprint density at radius 3 is 2.46 bits per heavy atom. The lowest BCUT2D eigenvalue weighted by atomic mass is 10.1. The van der Waals surface area contributed by atoms with Gasteiger partial charge in [0.15, 0.2) is 5.82 Å². The van der Waals surface area contributed by atoms with E-state index in [1.807, 2.05) is 0 Å². The first kappa shape index (κ1) is 31.6. The van der Waals surface area contributed by atoms with Crippen LogP contribution in [0.15, 0.2) is 47.0 Å². The first-order chi connectivity index (χ1) is 19.1. The van der Waals surface area contributed by atoms with E-state index in [0.29, 0.717) is 12.8 Å². The van der Waals surface area contributed by atoms with Gasteiger partial charge >= 0.3 is 12.1 Å². The number of alkyl halides is 3. The number of halogens is 6. The zero-order valence-corrected chi connectivity index (χ0v) is 22.6. The van der Waals surface area contributed by atoms with Crippen LogP contribution in [0.3, 0.4) is 0 Å². The summed E-state index contributed by atoms with van der Waals surface area (Å²) >= 11 is 5.74. The van der Waals surface area contributed by atoms with Gasteiger partial charge in [-0.3, -0.25) is 14.9 Å². The number of carbonyl (C=O) groups is 1. The van der Waals surface area contributed by atoms with Gasteiger partial charge < -0.3 is 9.47 Å². The summed E-state index contributed by atoms with van der Waals surface area (Å²) in [4.78, 5) is 29.0. The largest absolute Gasteiger partial charge is 0.493 e. The number of carbonyl (C=O) groups excluding carboxylic acids is 1. The normalized spacial score (nSPS) is 12.9. The van der Waals surface area contributed by atoms with Gasteiger partial charge in [0.1, 0.15) is 23.0 Å². The van der Waals surface area contributed by atoms with Crippen LogP contribution in [0.5, 0.6) is 11.5 Å². The molecule has 1 unspecified atom stereocenters. The Hall–Kier alpha value is -3.92. The molecule has 3 aromatic rings. The molecule has 10 nitrogen and oxygen atoms in total. The minimum Gasteiger partial charge on any atom is -0.493 e. The molecule has 0 aliphatic carbocycles. The second-order valence-corrected chi connectivity index (χ2v) is 11.2. The molecule has 0 N–H and O–H groups in total. The van der Waals surface area contributed by atoms with Crippen molar-refractivity contribution in [2.24, 2.45) is 4.36 Å². The van der Waals surface area contributed by atoms with Crippen LogP contribution in [0.25, 0.3) is 11.3 Å². The number of nitro benzene ring substituents is 1. The van der Waals surface area contributed by atoms with Gasteiger partial charge in [0.05, 0.1) is 45.9 Å². The third-order valence-corrected chi connectivity index (χ3v) is 6.70. The molecular weight excluding hydrogens is 603 g/mol. The molecule has 3 rings (SSSR count). The molecule has 41 heavy (non-hydrogen) atoms. The van der Waals surface area contributed by atoms with E-state index < -0.39 is 49.8 Å². The van der Waals surface area contributed by atoms with Crippen molar-refractivity contribution in [3.05, 3.63) is 75.2 Å². The summed E-state index contributed by atoms with van der Waals surface area (Å²) in [6, 6.07) is 6.71. The summed E-state index contributed by atoms with van der Waals surface area (Å²) in [5.74, 6) is -4.66. The fourth-order valence-electron chi connectivity index (χ4n) is 3.41. The fourth-order valence-corrected chi connectivity index (χ4v) is 4.84. The number of non-ortho nitro benzene ring substituents is 1. The lowest BCUT2D eigenvalue weighted by Crippen LogP contribution is -2.22. The van der Waals surface area contributed by atoms with Crippen molar-refractivity contribution in [1.82, 2.24) is 9.97 Å². The number of unbranched alkanes of at least 4 members (excludes halogenated alkanes) is 1. The predicted molar refractivity (Wildman–Crippen MR) is 137 cm³/mol. The van der Waals surface area contributed by atoms with Gasteiger partial charge in [0.2, 0.25) is 5.28 Å². The van der Waals surface area contributed by atoms with E-state index in [2.05, 4.69) is 14.3 Å². The van der Waals surface area contributed by atoms with Gasteiger partial charge in [-0.15, -0.1) is 0 Å². The van der Waals surface area contributed by atoms with Gasteiger partial charge in [0.25, 0.3) is 5.69 Å². The molecular formula is C24H20ClF5N4O6S. The lowest BCUT2D eigenvalue weighted by molar-refractivity contribution is -0.385. The highest BCUT2D eigenvalue weighted by molar-refractivity contribution is 7.92. The molecule has 0 saturated carbocycles. The molecule has 0 aliphatic heterocycles. The van der Waals surface area contributed by atoms with Crippen molar-refractivity contribution in [3.8, 4) is 22.8 Å². The van der Waals surface area contributed by atoms with E-state index in [1.165, 1.54) is 12.1 Å². The number of aromatic nitrogens is 2. The van der Waals surface area contributed by atoms with E-state index in [-0.39, 0.29) is 46.8 Å². The zero-order valence-electron chi connectivity index (χ0n) is 21.0. The summed E-state index contributed by atoms with van der Waals surface area (Å²) in [5, 5.41) is 11.1. The number of hydrogen-bond acceptors (Lipinski definition) is 8. The molecule has 0 saturated heterocycles. The minimum atomic E-state index is -5.31. The standard InChI is InChI=1S/C24H20ClF5N4O6S/c1-41(38,33-22(35)24(28,29)30)13-14-8-16(34(36)37)11-17(9-14)39-6-2-3-7-40-20-10-15(26)4-5-18(20)21-19(27)12-31-23(25)32-21/h4-5,8-12H,2-3,6-7,13H2,1H3. The average molecular weight is 623 g/mol. The molecule has 1 amide bonds. The number of nitro groups is 1. The van der Waals surface area contributed by atoms with Crippen LogP contribution in [0, 0.1) is 21.7 Å². The minimum absolute atomic E-state index is 0.000455. The first-order valence-electron chi connectivity index (χ1n) is 11.5. The Balaban J connectivity index is 1.63. The maximum Gasteiger partial charge on any atom is 0.474 e. The molecule has 1 atom stereocenters. The number of hydrogen-bond donors (Lipinski definition) is 0. The van der Waals surface area contributed by atoms with E-state index >= 15 is 0 Å². The molecule has 0 spiro atoms. The van der Waals surface area contributed by atoms with Crippen LogP contribution in [-0.2, 0) is 20.3 Å². The average Bonchev–Trinajstić information content (AvgIpc) is 2.86. The van der Waals surface area contributed by atoms with Crippen molar-refractivity contribution in [2.45, 2.75) is 24.8 Å². The summed E-state index contributed by atoms with van der Waals surface area (Å²) in [6.07, 6.45) is -2.95. The van der Waals surface area contributed by atoms with E-state index in [9.17, 15) is 41.1 Å². The molecule has 0 radical (unpaired) electrons. The molecule has 0 bridgehead atoms. The van der Waals surface area contributed by atoms with Crippen molar-refractivity contribution >= 4 is 32.9 Å². The zero-order chi connectivity index (χ0) is 30.4. The van der Waals surface area contributed by atoms with Gasteiger partial charge in [-0.05, 0) is 48.2 Å². The van der Waals surface area contributed by atoms with Crippen LogP contribution in [-0.4, -0.2) is 50.7 Å². The number of ether oxygens (including phenoxy) is 2. The van der Waals surface area contributed by atoms with E-state index in [4.69, 9.17) is 21.1 Å². The highest BCUT2D eigenvalue weighted by atomic mass is 35.5. The summed E-state index contributed by atoms with van der Waals surface area (Å²) in [6.45, 7) is 0.0433. The van der Waals surface area contributed by atoms with E-state index in [0.717, 1.165) is 36.7 Å². The molecule has 0 fully saturated rings. The van der Waals surface area contributed by atoms with Crippen molar-refractivity contribution in [2.75, 3.05) is 19.5 Å². The third-order valence-electron chi connectivity index (χ3n) is 5.09. The summed E-state index contributed by atoms with van der Waals surface area (Å²) in [5.41, 5.74) is -0.547. The molecule has 2 aromatic carbocycles. The fraction of sp³-hybridized carbons (Fsp3) is 0.292. The van der Waals surface area contributed by atoms with Crippen molar-refractivity contribution < 1.29 is 45.4 Å². The molecule has 0 aliphatic rings. The van der Waals surface area contributed by atoms with Gasteiger partial charge in [-0.1, -0.05) is 0 Å². The van der Waals surface area contributed by atoms with Crippen LogP contribution in [0.2, 0.25) is 5.28 Å². The van der Waals surface area contributed by atoms with E-state index in [1.54, 1.807) is 0 Å². The number of benzene rings is 2. The van der Waals surface area contributed by atoms with Gasteiger partial charge in [-0.25, -0.2) is 23.0 Å². The van der Waals surface area contributed by atoms with Gasteiger partial charge in [0, 0.05) is 24.0 Å². The van der Waals surface area contributed by atoms with Crippen LogP contribution >= 0.6 is 11.6 Å². The smallest absolute Gasteiger partial charge is 0.474 e. The number of nitrogens with zero attached hydrogens (tertiary/aromatic N) is 4.